The highest BCUT2D eigenvalue weighted by atomic mass is 16.5. The van der Waals surface area contributed by atoms with E-state index in [0.717, 1.165) is 47.0 Å². The maximum absolute atomic E-state index is 13.7. The molecule has 5 rings (SSSR count). The van der Waals surface area contributed by atoms with Crippen LogP contribution in [0.5, 0.6) is 11.5 Å². The van der Waals surface area contributed by atoms with Crippen LogP contribution in [-0.2, 0) is 16.0 Å². The molecule has 1 saturated heterocycles. The molecule has 0 radical (unpaired) electrons. The van der Waals surface area contributed by atoms with Crippen LogP contribution in [-0.4, -0.2) is 59.9 Å². The summed E-state index contributed by atoms with van der Waals surface area (Å²) in [5.74, 6) is 1.15. The van der Waals surface area contributed by atoms with Gasteiger partial charge in [0.25, 0.3) is 0 Å². The predicted octanol–water partition coefficient (Wildman–Crippen LogP) is 4.06. The summed E-state index contributed by atoms with van der Waals surface area (Å²) >= 11 is 0. The Morgan fingerprint density at radius 2 is 1.85 bits per heavy atom. The van der Waals surface area contributed by atoms with Crippen LogP contribution in [0.25, 0.3) is 10.9 Å². The Hall–Kier alpha value is -3.48. The van der Waals surface area contributed by atoms with Crippen molar-refractivity contribution < 1.29 is 19.1 Å². The molecule has 0 aliphatic carbocycles. The van der Waals surface area contributed by atoms with Gasteiger partial charge in [0, 0.05) is 35.1 Å². The number of fused-ring (bicyclic) bond motifs is 4. The van der Waals surface area contributed by atoms with E-state index in [4.69, 9.17) is 9.47 Å². The van der Waals surface area contributed by atoms with Gasteiger partial charge in [0.1, 0.15) is 12.1 Å². The van der Waals surface area contributed by atoms with Crippen LogP contribution in [0.4, 0.5) is 0 Å². The molecule has 2 amide bonds. The predicted molar refractivity (Wildman–Crippen MR) is 130 cm³/mol. The molecule has 1 N–H and O–H groups in total. The Morgan fingerprint density at radius 3 is 2.62 bits per heavy atom. The summed E-state index contributed by atoms with van der Waals surface area (Å²) in [6.07, 6.45) is 3.52. The smallest absolute Gasteiger partial charge is 0.246 e. The molecule has 1 fully saturated rings. The van der Waals surface area contributed by atoms with Crippen molar-refractivity contribution in [2.24, 2.45) is 0 Å². The van der Waals surface area contributed by atoms with E-state index < -0.39 is 12.1 Å². The molecule has 0 saturated carbocycles. The van der Waals surface area contributed by atoms with Gasteiger partial charge in [0.2, 0.25) is 11.8 Å². The first-order valence-corrected chi connectivity index (χ1v) is 12.0. The van der Waals surface area contributed by atoms with Crippen LogP contribution in [0.15, 0.2) is 42.5 Å². The van der Waals surface area contributed by atoms with Crippen LogP contribution in [0.3, 0.4) is 0 Å². The molecule has 178 valence electrons. The number of benzene rings is 2. The number of carbonyl (C=O) groups is 2. The monoisotopic (exact) mass is 461 g/mol. The third kappa shape index (κ3) is 3.50. The quantitative estimate of drug-likeness (QED) is 0.539. The van der Waals surface area contributed by atoms with E-state index in [0.29, 0.717) is 24.5 Å². The van der Waals surface area contributed by atoms with Crippen LogP contribution in [0.2, 0.25) is 0 Å². The van der Waals surface area contributed by atoms with Crippen LogP contribution >= 0.6 is 0 Å². The molecule has 2 unspecified atom stereocenters. The fourth-order valence-corrected chi connectivity index (χ4v) is 5.52. The number of hydrogen-bond donors (Lipinski definition) is 1. The molecule has 3 heterocycles. The third-order valence-electron chi connectivity index (χ3n) is 7.10. The van der Waals surface area contributed by atoms with Crippen molar-refractivity contribution in [2.75, 3.05) is 27.3 Å². The van der Waals surface area contributed by atoms with Gasteiger partial charge in [-0.15, -0.1) is 0 Å². The average molecular weight is 462 g/mol. The minimum absolute atomic E-state index is 0.0264. The molecule has 3 aromatic rings. The zero-order valence-electron chi connectivity index (χ0n) is 20.0. The summed E-state index contributed by atoms with van der Waals surface area (Å²) in [6, 6.07) is 12.8. The average Bonchev–Trinajstić information content (AvgIpc) is 3.23. The summed E-state index contributed by atoms with van der Waals surface area (Å²) in [5.41, 5.74) is 3.83. The zero-order chi connectivity index (χ0) is 23.8. The van der Waals surface area contributed by atoms with Gasteiger partial charge in [0.05, 0.1) is 20.8 Å². The molecule has 2 aliphatic rings. The number of unbranched alkanes of at least 4 members (excludes halogenated alkanes) is 2. The maximum Gasteiger partial charge on any atom is 0.246 e. The number of nitrogens with one attached hydrogen (secondary N) is 1. The van der Waals surface area contributed by atoms with Crippen LogP contribution < -0.4 is 9.47 Å². The Balaban J connectivity index is 1.67. The minimum atomic E-state index is -0.546. The van der Waals surface area contributed by atoms with E-state index in [2.05, 4.69) is 18.0 Å². The molecule has 0 spiro atoms. The number of methoxy groups -OCH3 is 2. The number of rotatable bonds is 7. The Labute approximate surface area is 199 Å². The van der Waals surface area contributed by atoms with E-state index in [1.54, 1.807) is 24.0 Å². The first-order valence-electron chi connectivity index (χ1n) is 12.0. The molecule has 2 atom stereocenters. The van der Waals surface area contributed by atoms with Crippen molar-refractivity contribution in [3.63, 3.8) is 0 Å². The number of para-hydroxylation sites is 2. The van der Waals surface area contributed by atoms with Gasteiger partial charge < -0.3 is 24.3 Å². The molecule has 34 heavy (non-hydrogen) atoms. The van der Waals surface area contributed by atoms with E-state index in [1.807, 2.05) is 36.4 Å². The Kier molecular flexibility index (Phi) is 5.94. The normalized spacial score (nSPS) is 19.9. The lowest BCUT2D eigenvalue weighted by atomic mass is 9.85. The van der Waals surface area contributed by atoms with Crippen molar-refractivity contribution in [2.45, 2.75) is 44.7 Å². The number of nitrogens with zero attached hydrogens (tertiary/aromatic N) is 2. The summed E-state index contributed by atoms with van der Waals surface area (Å²) in [5, 5.41) is 1.09. The molecular weight excluding hydrogens is 430 g/mol. The molecule has 2 aliphatic heterocycles. The lowest BCUT2D eigenvalue weighted by Crippen LogP contribution is -2.63. The SMILES string of the molecule is CCCCCN1CC(=O)N2C(Cc3c([nH]c4ccccc34)C2c2cccc(OC)c2OC)C1=O. The van der Waals surface area contributed by atoms with Gasteiger partial charge in [-0.2, -0.15) is 0 Å². The van der Waals surface area contributed by atoms with E-state index >= 15 is 0 Å². The van der Waals surface area contributed by atoms with Crippen molar-refractivity contribution in [1.29, 1.82) is 0 Å². The van der Waals surface area contributed by atoms with Crippen molar-refractivity contribution in [3.8, 4) is 11.5 Å². The van der Waals surface area contributed by atoms with Gasteiger partial charge in [-0.25, -0.2) is 0 Å². The molecule has 7 nitrogen and oxygen atoms in total. The van der Waals surface area contributed by atoms with E-state index in [-0.39, 0.29) is 18.4 Å². The fourth-order valence-electron chi connectivity index (χ4n) is 5.52. The fraction of sp³-hybridized carbons (Fsp3) is 0.407. The highest BCUT2D eigenvalue weighted by Gasteiger charge is 2.48. The standard InChI is InChI=1S/C27H31N3O4/c1-4-5-8-14-29-16-23(31)30-21(27(29)32)15-19-17-10-6-7-12-20(17)28-24(19)25(30)18-11-9-13-22(33-2)26(18)34-3/h6-7,9-13,21,25,28H,4-5,8,14-16H2,1-3H3. The molecule has 0 bridgehead atoms. The third-order valence-corrected chi connectivity index (χ3v) is 7.10. The number of aromatic nitrogens is 1. The lowest BCUT2D eigenvalue weighted by Gasteiger charge is -2.47. The van der Waals surface area contributed by atoms with Crippen molar-refractivity contribution in [1.82, 2.24) is 14.8 Å². The zero-order valence-corrected chi connectivity index (χ0v) is 20.0. The van der Waals surface area contributed by atoms with Crippen LogP contribution in [0, 0.1) is 0 Å². The Morgan fingerprint density at radius 1 is 1.03 bits per heavy atom. The number of amides is 2. The molecule has 2 aromatic carbocycles. The summed E-state index contributed by atoms with van der Waals surface area (Å²) in [7, 11) is 3.20. The number of H-pyrrole nitrogens is 1. The highest BCUT2D eigenvalue weighted by Crippen LogP contribution is 2.46. The maximum atomic E-state index is 13.7. The second-order valence-electron chi connectivity index (χ2n) is 9.04. The second kappa shape index (κ2) is 9.05. The topological polar surface area (TPSA) is 74.9 Å². The van der Waals surface area contributed by atoms with Crippen LogP contribution in [0.1, 0.15) is 49.0 Å². The summed E-state index contributed by atoms with van der Waals surface area (Å²) < 4.78 is 11.3. The van der Waals surface area contributed by atoms with Crippen molar-refractivity contribution >= 4 is 22.7 Å². The highest BCUT2D eigenvalue weighted by molar-refractivity contribution is 5.97. The molecule has 1 aromatic heterocycles. The summed E-state index contributed by atoms with van der Waals surface area (Å²) in [6.45, 7) is 2.87. The molecular formula is C27H31N3O4. The van der Waals surface area contributed by atoms with E-state index in [9.17, 15) is 9.59 Å². The first kappa shape index (κ1) is 22.3. The minimum Gasteiger partial charge on any atom is -0.493 e. The van der Waals surface area contributed by atoms with Crippen molar-refractivity contribution in [3.05, 3.63) is 59.3 Å². The first-order chi connectivity index (χ1) is 16.6. The number of carbonyl (C=O) groups excluding carboxylic acids is 2. The number of ether oxygens (including phenoxy) is 2. The lowest BCUT2D eigenvalue weighted by molar-refractivity contribution is -0.158. The molecule has 7 heteroatoms. The van der Waals surface area contributed by atoms with Gasteiger partial charge in [-0.3, -0.25) is 9.59 Å². The number of hydrogen-bond acceptors (Lipinski definition) is 4. The van der Waals surface area contributed by atoms with Gasteiger partial charge >= 0.3 is 0 Å². The Bertz CT molecular complexity index is 1230. The number of piperazine rings is 1. The summed E-state index contributed by atoms with van der Waals surface area (Å²) in [4.78, 5) is 34.4. The van der Waals surface area contributed by atoms with Gasteiger partial charge in [-0.05, 0) is 24.1 Å². The largest absolute Gasteiger partial charge is 0.493 e. The van der Waals surface area contributed by atoms with Gasteiger partial charge in [-0.1, -0.05) is 50.1 Å². The second-order valence-corrected chi connectivity index (χ2v) is 9.04. The van der Waals surface area contributed by atoms with E-state index in [1.165, 1.54) is 0 Å². The van der Waals surface area contributed by atoms with Gasteiger partial charge in [0.15, 0.2) is 11.5 Å². The number of aromatic amines is 1.